The number of hydrogen-bond donors (Lipinski definition) is 6. The zero-order chi connectivity index (χ0) is 59.0. The minimum absolute atomic E-state index is 0. The molecule has 0 radical (unpaired) electrons. The normalized spacial score (nSPS) is 21.6. The van der Waals surface area contributed by atoms with Gasteiger partial charge in [0, 0.05) is 40.9 Å². The van der Waals surface area contributed by atoms with Crippen molar-refractivity contribution in [2.75, 3.05) is 47.0 Å². The van der Waals surface area contributed by atoms with Crippen molar-refractivity contribution in [2.45, 2.75) is 125 Å². The number of hydrogen-bond acceptors (Lipinski definition) is 15. The maximum atomic E-state index is 11.2. The van der Waals surface area contributed by atoms with Gasteiger partial charge in [-0.05, 0) is 113 Å². The SMILES string of the molecule is C.CN(C)C1CC(N)C1.CNC.CS(=O)(=O)Cl.CS(=O)(=O)OC1CC(NC(c2ccccc2)c2ccccc2)C1.CS(=O)(=O)OC1CC(NC(c2ccccc2)c2ccccc2)C1.OC1CC(NC(c2ccccc2)c2ccccc2)C1. The van der Waals surface area contributed by atoms with Gasteiger partial charge in [-0.15, -0.1) is 0 Å². The van der Waals surface area contributed by atoms with Crippen molar-refractivity contribution in [1.82, 2.24) is 26.2 Å². The first-order valence-corrected chi connectivity index (χ1v) is 33.7. The predicted molar refractivity (Wildman–Crippen MR) is 335 cm³/mol. The van der Waals surface area contributed by atoms with E-state index >= 15 is 0 Å². The molecule has 6 aromatic rings. The molecule has 0 aliphatic heterocycles. The van der Waals surface area contributed by atoms with E-state index in [1.54, 1.807) is 0 Å². The molecule has 0 atom stereocenters. The second-order valence-electron chi connectivity index (χ2n) is 21.3. The van der Waals surface area contributed by atoms with Crippen molar-refractivity contribution in [2.24, 2.45) is 5.73 Å². The lowest BCUT2D eigenvalue weighted by atomic mass is 9.87. The molecule has 10 rings (SSSR count). The van der Waals surface area contributed by atoms with Gasteiger partial charge < -0.3 is 37.0 Å². The van der Waals surface area contributed by atoms with E-state index in [0.717, 1.165) is 37.7 Å². The highest BCUT2D eigenvalue weighted by molar-refractivity contribution is 8.13. The summed E-state index contributed by atoms with van der Waals surface area (Å²) in [7, 11) is 2.54. The smallest absolute Gasteiger partial charge is 0.264 e. The fourth-order valence-corrected chi connectivity index (χ4v) is 10.9. The van der Waals surface area contributed by atoms with Crippen molar-refractivity contribution in [3.63, 3.8) is 0 Å². The molecule has 4 saturated carbocycles. The molecule has 0 bridgehead atoms. The van der Waals surface area contributed by atoms with Gasteiger partial charge in [-0.2, -0.15) is 16.8 Å². The molecule has 7 N–H and O–H groups in total. The van der Waals surface area contributed by atoms with E-state index in [-0.39, 0.29) is 55.9 Å². The van der Waals surface area contributed by atoms with E-state index in [4.69, 9.17) is 14.1 Å². The number of nitrogens with one attached hydrogen (secondary N) is 4. The molecule has 450 valence electrons. The van der Waals surface area contributed by atoms with Crippen LogP contribution in [-0.4, -0.2) is 131 Å². The summed E-state index contributed by atoms with van der Waals surface area (Å²) in [5.41, 5.74) is 12.9. The molecule has 0 heterocycles. The second-order valence-corrected chi connectivity index (χ2v) is 27.5. The fraction of sp³-hybridized carbons (Fsp3) is 0.429. The van der Waals surface area contributed by atoms with E-state index in [2.05, 4.69) is 148 Å². The minimum Gasteiger partial charge on any atom is -0.393 e. The predicted octanol–water partition coefficient (Wildman–Crippen LogP) is 9.33. The first-order chi connectivity index (χ1) is 38.5. The highest BCUT2D eigenvalue weighted by atomic mass is 35.7. The molecule has 0 saturated heterocycles. The molecule has 0 amide bonds. The van der Waals surface area contributed by atoms with Crippen molar-refractivity contribution >= 4 is 40.0 Å². The van der Waals surface area contributed by atoms with Gasteiger partial charge in [0.15, 0.2) is 0 Å². The van der Waals surface area contributed by atoms with E-state index in [1.165, 1.54) is 46.2 Å². The van der Waals surface area contributed by atoms with Gasteiger partial charge in [-0.1, -0.05) is 189 Å². The zero-order valence-corrected chi connectivity index (χ0v) is 50.9. The third-order valence-corrected chi connectivity index (χ3v) is 15.1. The number of nitrogens with zero attached hydrogens (tertiary/aromatic N) is 1. The number of benzene rings is 6. The summed E-state index contributed by atoms with van der Waals surface area (Å²) in [5.74, 6) is 0. The maximum Gasteiger partial charge on any atom is 0.264 e. The third kappa shape index (κ3) is 26.3. The van der Waals surface area contributed by atoms with Gasteiger partial charge >= 0.3 is 0 Å². The topological polar surface area (TPSA) is 218 Å². The molecule has 19 heteroatoms. The Hall–Kier alpha value is -4.90. The molecule has 4 fully saturated rings. The Labute approximate surface area is 495 Å². The van der Waals surface area contributed by atoms with Crippen molar-refractivity contribution in [3.05, 3.63) is 215 Å². The summed E-state index contributed by atoms with van der Waals surface area (Å²) in [4.78, 5) is 2.24. The van der Waals surface area contributed by atoms with Crippen molar-refractivity contribution in [3.8, 4) is 0 Å². The molecule has 15 nitrogen and oxygen atoms in total. The Morgan fingerprint density at radius 2 is 0.671 bits per heavy atom. The largest absolute Gasteiger partial charge is 0.393 e. The van der Waals surface area contributed by atoms with Crippen LogP contribution in [0.3, 0.4) is 0 Å². The summed E-state index contributed by atoms with van der Waals surface area (Å²) in [6, 6.07) is 64.7. The maximum absolute atomic E-state index is 11.2. The number of aliphatic hydroxyl groups excluding tert-OH is 1. The van der Waals surface area contributed by atoms with Crippen molar-refractivity contribution in [1.29, 1.82) is 0 Å². The Balaban J connectivity index is 0.000000232. The summed E-state index contributed by atoms with van der Waals surface area (Å²) >= 11 is 0. The molecular weight excluding hydrogens is 1120 g/mol. The van der Waals surface area contributed by atoms with Gasteiger partial charge in [-0.3, -0.25) is 8.37 Å². The lowest BCUT2D eigenvalue weighted by Gasteiger charge is -2.37. The first-order valence-electron chi connectivity index (χ1n) is 27.4. The summed E-state index contributed by atoms with van der Waals surface area (Å²) in [5, 5.41) is 23.1. The standard InChI is InChI=1S/2C18H21NO3S.C17H19NO.C6H14N2.C2H7N.CH3ClO2S.CH4/c2*1-23(20,21)22-17-12-16(13-17)19-18(14-8-4-2-5-9-14)15-10-6-3-7-11-15;19-16-11-15(12-16)18-17(13-7-3-1-4-8-13)14-9-5-2-6-10-14;1-8(2)6-3-5(7)4-6;1-3-2;1-5(2,3)4;/h2*2-11,16-19H,12-13H2,1H3;1-10,15-19H,11-12H2;5-6H,3-4,7H2,1-2H3;3H,1-2H3;1H3;1H4. The van der Waals surface area contributed by atoms with E-state index < -0.39 is 29.3 Å². The summed E-state index contributed by atoms with van der Waals surface area (Å²) < 4.78 is 73.5. The summed E-state index contributed by atoms with van der Waals surface area (Å²) in [6.45, 7) is 0. The van der Waals surface area contributed by atoms with Crippen LogP contribution in [0, 0.1) is 0 Å². The molecular formula is C63H89ClN6O9S3. The first kappa shape index (κ1) is 69.6. The second kappa shape index (κ2) is 34.8. The van der Waals surface area contributed by atoms with Crippen LogP contribution >= 0.6 is 10.7 Å². The van der Waals surface area contributed by atoms with Crippen LogP contribution in [0.25, 0.3) is 0 Å². The number of aliphatic hydroxyl groups is 1. The highest BCUT2D eigenvalue weighted by Gasteiger charge is 2.36. The van der Waals surface area contributed by atoms with Crippen LogP contribution in [0.15, 0.2) is 182 Å². The molecule has 4 aliphatic rings. The van der Waals surface area contributed by atoms with Crippen LogP contribution in [-0.2, 0) is 37.7 Å². The molecule has 4 aliphatic carbocycles. The Bertz CT molecular complexity index is 2760. The van der Waals surface area contributed by atoms with Gasteiger partial charge in [-0.25, -0.2) is 8.42 Å². The lowest BCUT2D eigenvalue weighted by molar-refractivity contribution is 0.0595. The average Bonchev–Trinajstić information content (AvgIpc) is 3.61. The van der Waals surface area contributed by atoms with E-state index in [1.807, 2.05) is 99.0 Å². The van der Waals surface area contributed by atoms with Crippen LogP contribution in [0.4, 0.5) is 0 Å². The average molecular weight is 1210 g/mol. The quantitative estimate of drug-likeness (QED) is 0.0370. The van der Waals surface area contributed by atoms with Crippen LogP contribution in [0.1, 0.15) is 110 Å². The van der Waals surface area contributed by atoms with Gasteiger partial charge in [0.1, 0.15) is 0 Å². The third-order valence-electron chi connectivity index (χ3n) is 13.8. The van der Waals surface area contributed by atoms with E-state index in [9.17, 15) is 30.4 Å². The Morgan fingerprint density at radius 3 is 0.829 bits per heavy atom. The van der Waals surface area contributed by atoms with Crippen molar-refractivity contribution < 1.29 is 38.7 Å². The molecule has 0 spiro atoms. The van der Waals surface area contributed by atoms with Gasteiger partial charge in [0.05, 0.1) is 55.2 Å². The highest BCUT2D eigenvalue weighted by Crippen LogP contribution is 2.33. The van der Waals surface area contributed by atoms with Crippen LogP contribution in [0.5, 0.6) is 0 Å². The molecule has 82 heavy (non-hydrogen) atoms. The fourth-order valence-electron chi connectivity index (χ4n) is 9.57. The summed E-state index contributed by atoms with van der Waals surface area (Å²) in [6.07, 6.45) is 9.54. The number of rotatable bonds is 17. The van der Waals surface area contributed by atoms with E-state index in [0.29, 0.717) is 37.8 Å². The van der Waals surface area contributed by atoms with Crippen LogP contribution in [0.2, 0.25) is 0 Å². The van der Waals surface area contributed by atoms with Gasteiger partial charge in [0.2, 0.25) is 9.05 Å². The molecule has 0 aromatic heterocycles. The Morgan fingerprint density at radius 1 is 0.463 bits per heavy atom. The lowest BCUT2D eigenvalue weighted by Crippen LogP contribution is -2.47. The number of nitrogens with two attached hydrogens (primary N) is 1. The Kier molecular flexibility index (Phi) is 29.5. The minimum atomic E-state index is -3.37. The molecule has 0 unspecified atom stereocenters. The molecule has 6 aromatic carbocycles. The van der Waals surface area contributed by atoms with Crippen LogP contribution < -0.4 is 27.0 Å². The zero-order valence-electron chi connectivity index (χ0n) is 47.7. The number of halogens is 1. The monoisotopic (exact) mass is 1200 g/mol. The van der Waals surface area contributed by atoms with Gasteiger partial charge in [0.25, 0.3) is 20.2 Å².